The molecule has 0 aliphatic rings. The summed E-state index contributed by atoms with van der Waals surface area (Å²) in [6.07, 6.45) is 1.62. The maximum Gasteiger partial charge on any atom is 0.258 e. The predicted octanol–water partition coefficient (Wildman–Crippen LogP) is 0.715. The van der Waals surface area contributed by atoms with Crippen LogP contribution < -0.4 is 0 Å². The molecule has 0 spiro atoms. The Labute approximate surface area is 62.5 Å². The summed E-state index contributed by atoms with van der Waals surface area (Å²) in [5.41, 5.74) is 1.00. The van der Waals surface area contributed by atoms with E-state index in [0.29, 0.717) is 11.4 Å². The van der Waals surface area contributed by atoms with E-state index in [4.69, 9.17) is 9.63 Å². The molecule has 0 bridgehead atoms. The molecule has 0 radical (unpaired) electrons. The Bertz CT molecular complexity index is 369. The SMILES string of the molecule is OCc1noc2ncccc12. The molecule has 0 saturated heterocycles. The Kier molecular flexibility index (Phi) is 1.33. The molecule has 0 aromatic carbocycles. The molecule has 2 heterocycles. The lowest BCUT2D eigenvalue weighted by atomic mass is 10.3. The monoisotopic (exact) mass is 150 g/mol. The fourth-order valence-corrected chi connectivity index (χ4v) is 0.945. The Balaban J connectivity index is 2.76. The van der Waals surface area contributed by atoms with Gasteiger partial charge in [0.15, 0.2) is 0 Å². The fourth-order valence-electron chi connectivity index (χ4n) is 0.945. The number of aromatic nitrogens is 2. The van der Waals surface area contributed by atoms with Crippen LogP contribution in [0, 0.1) is 0 Å². The highest BCUT2D eigenvalue weighted by Gasteiger charge is 2.05. The van der Waals surface area contributed by atoms with E-state index in [1.54, 1.807) is 12.3 Å². The third-order valence-corrected chi connectivity index (χ3v) is 1.47. The van der Waals surface area contributed by atoms with Gasteiger partial charge in [0.2, 0.25) is 0 Å². The van der Waals surface area contributed by atoms with Crippen molar-refractivity contribution in [3.8, 4) is 0 Å². The van der Waals surface area contributed by atoms with Gasteiger partial charge in [-0.1, -0.05) is 5.16 Å². The van der Waals surface area contributed by atoms with Crippen LogP contribution in [0.1, 0.15) is 5.69 Å². The zero-order chi connectivity index (χ0) is 7.68. The van der Waals surface area contributed by atoms with E-state index in [1.165, 1.54) is 0 Å². The molecule has 0 amide bonds. The summed E-state index contributed by atoms with van der Waals surface area (Å²) >= 11 is 0. The second-order valence-electron chi connectivity index (χ2n) is 2.14. The predicted molar refractivity (Wildman–Crippen MR) is 37.7 cm³/mol. The Hall–Kier alpha value is -1.42. The lowest BCUT2D eigenvalue weighted by molar-refractivity contribution is 0.269. The molecule has 0 unspecified atom stereocenters. The minimum absolute atomic E-state index is 0.112. The van der Waals surface area contributed by atoms with Crippen LogP contribution in [0.25, 0.3) is 11.1 Å². The van der Waals surface area contributed by atoms with Crippen LogP contribution in [0.2, 0.25) is 0 Å². The van der Waals surface area contributed by atoms with Gasteiger partial charge in [-0.2, -0.15) is 0 Å². The number of rotatable bonds is 1. The smallest absolute Gasteiger partial charge is 0.258 e. The molecule has 0 aliphatic carbocycles. The summed E-state index contributed by atoms with van der Waals surface area (Å²) in [6, 6.07) is 3.59. The topological polar surface area (TPSA) is 59.2 Å². The van der Waals surface area contributed by atoms with E-state index in [-0.39, 0.29) is 6.61 Å². The molecule has 0 fully saturated rings. The van der Waals surface area contributed by atoms with Crippen molar-refractivity contribution >= 4 is 11.1 Å². The summed E-state index contributed by atoms with van der Waals surface area (Å²) < 4.78 is 4.82. The Morgan fingerprint density at radius 2 is 2.45 bits per heavy atom. The van der Waals surface area contributed by atoms with Crippen molar-refractivity contribution in [2.75, 3.05) is 0 Å². The van der Waals surface area contributed by atoms with E-state index in [2.05, 4.69) is 10.1 Å². The summed E-state index contributed by atoms with van der Waals surface area (Å²) in [6.45, 7) is -0.112. The average molecular weight is 150 g/mol. The van der Waals surface area contributed by atoms with Crippen LogP contribution in [0.3, 0.4) is 0 Å². The van der Waals surface area contributed by atoms with Crippen molar-refractivity contribution in [1.82, 2.24) is 10.1 Å². The molecule has 1 N–H and O–H groups in total. The maximum atomic E-state index is 8.77. The lowest BCUT2D eigenvalue weighted by Crippen LogP contribution is -1.81. The van der Waals surface area contributed by atoms with Gasteiger partial charge < -0.3 is 9.63 Å². The highest BCUT2D eigenvalue weighted by Crippen LogP contribution is 2.14. The number of nitrogens with zero attached hydrogens (tertiary/aromatic N) is 2. The van der Waals surface area contributed by atoms with Crippen molar-refractivity contribution in [3.63, 3.8) is 0 Å². The first-order chi connectivity index (χ1) is 5.42. The number of hydrogen-bond donors (Lipinski definition) is 1. The van der Waals surface area contributed by atoms with Crippen molar-refractivity contribution in [3.05, 3.63) is 24.0 Å². The molecule has 2 rings (SSSR count). The van der Waals surface area contributed by atoms with Gasteiger partial charge in [-0.05, 0) is 12.1 Å². The number of aliphatic hydroxyl groups excluding tert-OH is 1. The first-order valence-corrected chi connectivity index (χ1v) is 3.22. The molecule has 0 atom stereocenters. The van der Waals surface area contributed by atoms with Crippen molar-refractivity contribution in [2.45, 2.75) is 6.61 Å². The zero-order valence-corrected chi connectivity index (χ0v) is 5.69. The minimum atomic E-state index is -0.112. The third kappa shape index (κ3) is 0.877. The highest BCUT2D eigenvalue weighted by molar-refractivity contribution is 5.75. The molecule has 2 aromatic heterocycles. The molecule has 11 heavy (non-hydrogen) atoms. The Morgan fingerprint density at radius 1 is 1.55 bits per heavy atom. The largest absolute Gasteiger partial charge is 0.390 e. The fraction of sp³-hybridized carbons (Fsp3) is 0.143. The van der Waals surface area contributed by atoms with Crippen molar-refractivity contribution in [1.29, 1.82) is 0 Å². The second kappa shape index (κ2) is 2.32. The maximum absolute atomic E-state index is 8.77. The standard InChI is InChI=1S/C7H6N2O2/c10-4-6-5-2-1-3-8-7(5)11-9-6/h1-3,10H,4H2. The molecule has 4 nitrogen and oxygen atoms in total. The van der Waals surface area contributed by atoms with Crippen molar-refractivity contribution < 1.29 is 9.63 Å². The van der Waals surface area contributed by atoms with Gasteiger partial charge in [0.1, 0.15) is 5.69 Å². The van der Waals surface area contributed by atoms with Crippen LogP contribution in [0.4, 0.5) is 0 Å². The summed E-state index contributed by atoms with van der Waals surface area (Å²) in [7, 11) is 0. The van der Waals surface area contributed by atoms with Gasteiger partial charge >= 0.3 is 0 Å². The number of fused-ring (bicyclic) bond motifs is 1. The molecule has 56 valence electrons. The summed E-state index contributed by atoms with van der Waals surface area (Å²) in [5.74, 6) is 0. The molecule has 2 aromatic rings. The highest BCUT2D eigenvalue weighted by atomic mass is 16.5. The Morgan fingerprint density at radius 3 is 3.27 bits per heavy atom. The quantitative estimate of drug-likeness (QED) is 0.650. The van der Waals surface area contributed by atoms with Gasteiger partial charge in [0.25, 0.3) is 5.71 Å². The first-order valence-electron chi connectivity index (χ1n) is 3.22. The van der Waals surface area contributed by atoms with Crippen molar-refractivity contribution in [2.24, 2.45) is 0 Å². The molecule has 0 aliphatic heterocycles. The van der Waals surface area contributed by atoms with Gasteiger partial charge in [0.05, 0.1) is 12.0 Å². The van der Waals surface area contributed by atoms with Crippen LogP contribution in [0.5, 0.6) is 0 Å². The van der Waals surface area contributed by atoms with E-state index in [9.17, 15) is 0 Å². The second-order valence-corrected chi connectivity index (χ2v) is 2.14. The summed E-state index contributed by atoms with van der Waals surface area (Å²) in [5, 5.41) is 13.2. The van der Waals surface area contributed by atoms with E-state index in [1.807, 2.05) is 6.07 Å². The summed E-state index contributed by atoms with van der Waals surface area (Å²) in [4.78, 5) is 3.91. The molecule has 4 heteroatoms. The molecular formula is C7H6N2O2. The third-order valence-electron chi connectivity index (χ3n) is 1.47. The number of aliphatic hydroxyl groups is 1. The van der Waals surface area contributed by atoms with Gasteiger partial charge in [-0.25, -0.2) is 4.98 Å². The van der Waals surface area contributed by atoms with Gasteiger partial charge in [-0.15, -0.1) is 0 Å². The normalized spacial score (nSPS) is 10.6. The van der Waals surface area contributed by atoms with Gasteiger partial charge in [-0.3, -0.25) is 0 Å². The zero-order valence-electron chi connectivity index (χ0n) is 5.69. The van der Waals surface area contributed by atoms with E-state index < -0.39 is 0 Å². The van der Waals surface area contributed by atoms with E-state index >= 15 is 0 Å². The van der Waals surface area contributed by atoms with E-state index in [0.717, 1.165) is 5.39 Å². The molecular weight excluding hydrogens is 144 g/mol. The van der Waals surface area contributed by atoms with Crippen LogP contribution in [0.15, 0.2) is 22.9 Å². The minimum Gasteiger partial charge on any atom is -0.390 e. The van der Waals surface area contributed by atoms with Crippen LogP contribution in [-0.2, 0) is 6.61 Å². The van der Waals surface area contributed by atoms with Crippen LogP contribution >= 0.6 is 0 Å². The number of pyridine rings is 1. The first kappa shape index (κ1) is 6.30. The lowest BCUT2D eigenvalue weighted by Gasteiger charge is -1.84. The number of hydrogen-bond acceptors (Lipinski definition) is 4. The molecule has 0 saturated carbocycles. The van der Waals surface area contributed by atoms with Gasteiger partial charge in [0, 0.05) is 6.20 Å². The average Bonchev–Trinajstić information content (AvgIpc) is 2.47. The van der Waals surface area contributed by atoms with Crippen LogP contribution in [-0.4, -0.2) is 15.2 Å².